The number of hydrogen-bond donors (Lipinski definition) is 2. The van der Waals surface area contributed by atoms with E-state index in [0.717, 1.165) is 24.5 Å². The maximum absolute atomic E-state index is 14.0. The van der Waals surface area contributed by atoms with Crippen LogP contribution in [0, 0.1) is 5.92 Å². The molecule has 3 atom stereocenters. The molecule has 0 saturated heterocycles. The molecule has 2 N–H and O–H groups in total. The Kier molecular flexibility index (Phi) is 11.6. The minimum absolute atomic E-state index is 0.0591. The molecule has 0 bridgehead atoms. The average molecular weight is 479 g/mol. The third-order valence-electron chi connectivity index (χ3n) is 6.09. The Bertz CT molecular complexity index is 846. The van der Waals surface area contributed by atoms with Crippen LogP contribution in [0.4, 0.5) is 8.78 Å². The van der Waals surface area contributed by atoms with Crippen LogP contribution >= 0.6 is 0 Å². The van der Waals surface area contributed by atoms with Gasteiger partial charge in [-0.2, -0.15) is 0 Å². The van der Waals surface area contributed by atoms with Gasteiger partial charge in [0.2, 0.25) is 0 Å². The molecule has 0 radical (unpaired) electrons. The van der Waals surface area contributed by atoms with Crippen LogP contribution < -0.4 is 0 Å². The normalized spacial score (nSPS) is 19.1. The third-order valence-corrected chi connectivity index (χ3v) is 6.09. The molecule has 0 aromatic heterocycles. The van der Waals surface area contributed by atoms with Crippen molar-refractivity contribution in [3.63, 3.8) is 0 Å². The first-order chi connectivity index (χ1) is 16.2. The fourth-order valence-corrected chi connectivity index (χ4v) is 4.00. The number of unbranched alkanes of at least 4 members (excludes halogenated alkanes) is 4. The smallest absolute Gasteiger partial charge is 0.306 e. The number of ether oxygens (including phenoxy) is 1. The maximum Gasteiger partial charge on any atom is 0.306 e. The van der Waals surface area contributed by atoms with Crippen LogP contribution in [0.5, 0.6) is 0 Å². The van der Waals surface area contributed by atoms with Crippen molar-refractivity contribution in [3.05, 3.63) is 53.3 Å². The Hall–Kier alpha value is -2.34. The van der Waals surface area contributed by atoms with Gasteiger partial charge in [-0.3, -0.25) is 9.59 Å². The van der Waals surface area contributed by atoms with Gasteiger partial charge in [-0.25, -0.2) is 8.78 Å². The molecular weight excluding hydrogens is 442 g/mol. The summed E-state index contributed by atoms with van der Waals surface area (Å²) >= 11 is 0. The van der Waals surface area contributed by atoms with Gasteiger partial charge in [-0.15, -0.1) is 5.73 Å². The van der Waals surface area contributed by atoms with Crippen molar-refractivity contribution >= 4 is 11.8 Å². The Labute approximate surface area is 200 Å². The number of aliphatic hydroxyl groups is 2. The minimum Gasteiger partial charge on any atom is -0.461 e. The van der Waals surface area contributed by atoms with Gasteiger partial charge < -0.3 is 14.9 Å². The highest BCUT2D eigenvalue weighted by Crippen LogP contribution is 2.33. The maximum atomic E-state index is 14.0. The topological polar surface area (TPSA) is 83.8 Å². The van der Waals surface area contributed by atoms with Crippen molar-refractivity contribution in [1.82, 2.24) is 0 Å². The highest BCUT2D eigenvalue weighted by atomic mass is 19.3. The number of ketones is 1. The van der Waals surface area contributed by atoms with Gasteiger partial charge in [-0.1, -0.05) is 62.9 Å². The number of Topliss-reactive ketones (excluding diaryl/α,β-unsaturated/α-hetero) is 1. The van der Waals surface area contributed by atoms with Crippen molar-refractivity contribution in [2.45, 2.75) is 95.9 Å². The van der Waals surface area contributed by atoms with Crippen LogP contribution in [0.3, 0.4) is 0 Å². The Morgan fingerprint density at radius 1 is 1.21 bits per heavy atom. The second-order valence-corrected chi connectivity index (χ2v) is 8.91. The SMILES string of the molecule is CCCCC(F)(F)[C@H](O)C=C=C1C(CCCCCCC(=O)OCc2ccccc2)C(=O)C[C@H]1O. The largest absolute Gasteiger partial charge is 0.461 e. The van der Waals surface area contributed by atoms with Gasteiger partial charge in [-0.05, 0) is 30.9 Å². The van der Waals surface area contributed by atoms with Crippen molar-refractivity contribution in [2.75, 3.05) is 0 Å². The van der Waals surface area contributed by atoms with Crippen molar-refractivity contribution in [2.24, 2.45) is 5.92 Å². The lowest BCUT2D eigenvalue weighted by molar-refractivity contribution is -0.145. The lowest BCUT2D eigenvalue weighted by Gasteiger charge is -2.19. The van der Waals surface area contributed by atoms with Gasteiger partial charge in [0.05, 0.1) is 6.10 Å². The second kappa shape index (κ2) is 14.1. The first-order valence-electron chi connectivity index (χ1n) is 12.2. The number of rotatable bonds is 14. The fraction of sp³-hybridized carbons (Fsp3) is 0.593. The summed E-state index contributed by atoms with van der Waals surface area (Å²) in [6, 6.07) is 9.46. The van der Waals surface area contributed by atoms with Crippen LogP contribution in [0.1, 0.15) is 76.7 Å². The highest BCUT2D eigenvalue weighted by molar-refractivity contribution is 5.88. The number of carbonyl (C=O) groups is 2. The molecule has 7 heteroatoms. The Morgan fingerprint density at radius 3 is 2.62 bits per heavy atom. The molecule has 188 valence electrons. The molecule has 0 amide bonds. The van der Waals surface area contributed by atoms with Crippen molar-refractivity contribution < 1.29 is 33.3 Å². The number of hydrogen-bond acceptors (Lipinski definition) is 5. The van der Waals surface area contributed by atoms with E-state index in [0.29, 0.717) is 38.5 Å². The van der Waals surface area contributed by atoms with Crippen LogP contribution in [0.25, 0.3) is 0 Å². The predicted octanol–water partition coefficient (Wildman–Crippen LogP) is 5.29. The Balaban J connectivity index is 1.75. The lowest BCUT2D eigenvalue weighted by Crippen LogP contribution is -2.31. The van der Waals surface area contributed by atoms with E-state index in [2.05, 4.69) is 5.73 Å². The summed E-state index contributed by atoms with van der Waals surface area (Å²) in [6.07, 6.45) is 1.99. The highest BCUT2D eigenvalue weighted by Gasteiger charge is 2.38. The van der Waals surface area contributed by atoms with E-state index >= 15 is 0 Å². The summed E-state index contributed by atoms with van der Waals surface area (Å²) in [4.78, 5) is 24.1. The number of aliphatic hydroxyl groups excluding tert-OH is 2. The first-order valence-corrected chi connectivity index (χ1v) is 12.2. The van der Waals surface area contributed by atoms with Crippen LogP contribution in [-0.2, 0) is 20.9 Å². The van der Waals surface area contributed by atoms with Crippen molar-refractivity contribution in [3.8, 4) is 0 Å². The summed E-state index contributed by atoms with van der Waals surface area (Å²) in [7, 11) is 0. The summed E-state index contributed by atoms with van der Waals surface area (Å²) in [5, 5.41) is 20.0. The average Bonchev–Trinajstić information content (AvgIpc) is 3.09. The molecule has 1 aliphatic carbocycles. The molecule has 0 heterocycles. The van der Waals surface area contributed by atoms with Crippen LogP contribution in [0.2, 0.25) is 0 Å². The lowest BCUT2D eigenvalue weighted by atomic mass is 9.94. The molecule has 1 aromatic carbocycles. The van der Waals surface area contributed by atoms with Gasteiger partial charge in [0.15, 0.2) is 0 Å². The van der Waals surface area contributed by atoms with E-state index in [1.54, 1.807) is 6.92 Å². The molecule has 1 aliphatic rings. The summed E-state index contributed by atoms with van der Waals surface area (Å²) in [6.45, 7) is 2.05. The zero-order valence-electron chi connectivity index (χ0n) is 19.8. The minimum atomic E-state index is -3.27. The zero-order chi connectivity index (χ0) is 25.0. The van der Waals surface area contributed by atoms with Crippen molar-refractivity contribution in [1.29, 1.82) is 0 Å². The van der Waals surface area contributed by atoms with E-state index < -0.39 is 30.5 Å². The number of esters is 1. The molecule has 0 spiro atoms. The molecule has 0 aliphatic heterocycles. The predicted molar refractivity (Wildman–Crippen MR) is 125 cm³/mol. The van der Waals surface area contributed by atoms with E-state index in [1.807, 2.05) is 30.3 Å². The number of halogens is 2. The standard InChI is InChI=1S/C27H36F2O5/c1-2-3-17-27(28,29)25(32)16-15-22-21(23(30)18-24(22)31)13-9-4-5-10-14-26(33)34-19-20-11-7-6-8-12-20/h6-8,11-12,16,21,24-25,31-32H,2-5,9-10,13-14,17-19H2,1H3/t15?,21?,24-,25-/m1/s1. The molecular formula is C27H36F2O5. The molecule has 1 aromatic rings. The van der Waals surface area contributed by atoms with E-state index in [1.165, 1.54) is 0 Å². The number of carbonyl (C=O) groups excluding carboxylic acids is 2. The van der Waals surface area contributed by atoms with E-state index in [4.69, 9.17) is 4.74 Å². The van der Waals surface area contributed by atoms with Crippen LogP contribution in [0.15, 0.2) is 47.7 Å². The molecule has 34 heavy (non-hydrogen) atoms. The summed E-state index contributed by atoms with van der Waals surface area (Å²) in [5.74, 6) is -4.23. The molecule has 1 saturated carbocycles. The van der Waals surface area contributed by atoms with Gasteiger partial charge in [0.25, 0.3) is 5.92 Å². The van der Waals surface area contributed by atoms with Gasteiger partial charge in [0, 0.05) is 30.8 Å². The second-order valence-electron chi connectivity index (χ2n) is 8.91. The molecule has 1 fully saturated rings. The Morgan fingerprint density at radius 2 is 1.91 bits per heavy atom. The molecule has 1 unspecified atom stereocenters. The quantitative estimate of drug-likeness (QED) is 0.216. The number of alkyl halides is 2. The fourth-order valence-electron chi connectivity index (χ4n) is 4.00. The summed E-state index contributed by atoms with van der Waals surface area (Å²) in [5.41, 5.74) is 3.84. The van der Waals surface area contributed by atoms with E-state index in [-0.39, 0.29) is 30.4 Å². The van der Waals surface area contributed by atoms with Gasteiger partial charge >= 0.3 is 5.97 Å². The number of benzene rings is 1. The monoisotopic (exact) mass is 478 g/mol. The zero-order valence-corrected chi connectivity index (χ0v) is 19.8. The van der Waals surface area contributed by atoms with Gasteiger partial charge in [0.1, 0.15) is 18.5 Å². The molecule has 2 rings (SSSR count). The van der Waals surface area contributed by atoms with E-state index in [9.17, 15) is 28.6 Å². The first kappa shape index (κ1) is 27.9. The molecule has 5 nitrogen and oxygen atoms in total. The van der Waals surface area contributed by atoms with Crippen LogP contribution in [-0.4, -0.2) is 40.1 Å². The third kappa shape index (κ3) is 9.13. The summed E-state index contributed by atoms with van der Waals surface area (Å²) < 4.78 is 33.2.